The van der Waals surface area contributed by atoms with Crippen LogP contribution in [0.5, 0.6) is 0 Å². The lowest BCUT2D eigenvalue weighted by molar-refractivity contribution is -0.137. The Morgan fingerprint density at radius 2 is 1.60 bits per heavy atom. The fourth-order valence-electron chi connectivity index (χ4n) is 1.90. The molecule has 0 aliphatic carbocycles. The summed E-state index contributed by atoms with van der Waals surface area (Å²) < 4.78 is 41.0. The lowest BCUT2D eigenvalue weighted by Gasteiger charge is -2.34. The molecule has 0 aliphatic heterocycles. The number of rotatable bonds is 10. The zero-order chi connectivity index (χ0) is 15.9. The molecule has 2 atom stereocenters. The molecule has 0 heterocycles. The van der Waals surface area contributed by atoms with Gasteiger partial charge in [-0.25, -0.2) is 0 Å². The Kier molecular flexibility index (Phi) is 8.06. The first-order chi connectivity index (χ1) is 9.04. The van der Waals surface area contributed by atoms with Crippen molar-refractivity contribution in [2.45, 2.75) is 76.7 Å². The van der Waals surface area contributed by atoms with Crippen LogP contribution in [0.3, 0.4) is 0 Å². The number of unbranched alkanes of at least 4 members (excludes halogenated alkanes) is 1. The summed E-state index contributed by atoms with van der Waals surface area (Å²) in [6.07, 6.45) is -3.46. The molecule has 0 fully saturated rings. The van der Waals surface area contributed by atoms with E-state index in [9.17, 15) is 23.4 Å². The highest BCUT2D eigenvalue weighted by molar-refractivity contribution is 4.86. The van der Waals surface area contributed by atoms with E-state index >= 15 is 0 Å². The summed E-state index contributed by atoms with van der Waals surface area (Å²) in [5, 5.41) is 20.3. The van der Waals surface area contributed by atoms with Crippen LogP contribution < -0.4 is 0 Å². The summed E-state index contributed by atoms with van der Waals surface area (Å²) in [6.45, 7) is 5.49. The Morgan fingerprint density at radius 3 is 2.05 bits per heavy atom. The average molecular weight is 300 g/mol. The topological polar surface area (TPSA) is 49.7 Å². The van der Waals surface area contributed by atoms with E-state index in [4.69, 9.17) is 4.74 Å². The molecule has 0 spiro atoms. The maximum Gasteiger partial charge on any atom is 0.389 e. The van der Waals surface area contributed by atoms with Crippen molar-refractivity contribution in [2.75, 3.05) is 13.2 Å². The summed E-state index contributed by atoms with van der Waals surface area (Å²) in [5.74, 6) is 0. The van der Waals surface area contributed by atoms with Gasteiger partial charge < -0.3 is 14.9 Å². The van der Waals surface area contributed by atoms with Crippen molar-refractivity contribution >= 4 is 0 Å². The maximum absolute atomic E-state index is 11.9. The summed E-state index contributed by atoms with van der Waals surface area (Å²) in [5.41, 5.74) is -2.10. The highest BCUT2D eigenvalue weighted by Gasteiger charge is 2.34. The lowest BCUT2D eigenvalue weighted by atomic mass is 9.85. The average Bonchev–Trinajstić information content (AvgIpc) is 2.32. The number of hydrogen-bond acceptors (Lipinski definition) is 3. The van der Waals surface area contributed by atoms with Gasteiger partial charge in [-0.3, -0.25) is 0 Å². The van der Waals surface area contributed by atoms with E-state index in [0.717, 1.165) is 0 Å². The zero-order valence-corrected chi connectivity index (χ0v) is 12.6. The quantitative estimate of drug-likeness (QED) is 0.608. The molecule has 0 aromatic carbocycles. The second kappa shape index (κ2) is 8.20. The molecular formula is C14H27F3O3. The van der Waals surface area contributed by atoms with Gasteiger partial charge in [0, 0.05) is 19.4 Å². The predicted molar refractivity (Wildman–Crippen MR) is 71.5 cm³/mol. The van der Waals surface area contributed by atoms with E-state index in [0.29, 0.717) is 19.3 Å². The van der Waals surface area contributed by atoms with Crippen molar-refractivity contribution in [1.29, 1.82) is 0 Å². The van der Waals surface area contributed by atoms with Gasteiger partial charge in [-0.15, -0.1) is 0 Å². The molecule has 2 N–H and O–H groups in total. The number of alkyl halides is 3. The largest absolute Gasteiger partial charge is 0.390 e. The molecule has 0 saturated carbocycles. The van der Waals surface area contributed by atoms with Crippen LogP contribution >= 0.6 is 0 Å². The van der Waals surface area contributed by atoms with Gasteiger partial charge in [-0.05, 0) is 32.6 Å². The number of aliphatic hydroxyl groups is 2. The van der Waals surface area contributed by atoms with Crippen molar-refractivity contribution in [3.05, 3.63) is 0 Å². The van der Waals surface area contributed by atoms with E-state index in [1.807, 2.05) is 6.92 Å². The third kappa shape index (κ3) is 9.55. The van der Waals surface area contributed by atoms with Crippen molar-refractivity contribution < 1.29 is 28.1 Å². The molecular weight excluding hydrogens is 273 g/mol. The minimum atomic E-state index is -4.12. The highest BCUT2D eigenvalue weighted by Crippen LogP contribution is 2.27. The molecule has 20 heavy (non-hydrogen) atoms. The molecule has 0 radical (unpaired) electrons. The summed E-state index contributed by atoms with van der Waals surface area (Å²) in [7, 11) is 0. The highest BCUT2D eigenvalue weighted by atomic mass is 19.4. The molecule has 3 nitrogen and oxygen atoms in total. The van der Waals surface area contributed by atoms with Gasteiger partial charge in [0.25, 0.3) is 0 Å². The number of ether oxygens (including phenoxy) is 1. The van der Waals surface area contributed by atoms with Gasteiger partial charge >= 0.3 is 6.18 Å². The van der Waals surface area contributed by atoms with E-state index in [1.54, 1.807) is 13.8 Å². The summed E-state index contributed by atoms with van der Waals surface area (Å²) in [6, 6.07) is 0. The van der Waals surface area contributed by atoms with Crippen LogP contribution in [-0.4, -0.2) is 40.8 Å². The van der Waals surface area contributed by atoms with Gasteiger partial charge in [0.15, 0.2) is 0 Å². The van der Waals surface area contributed by atoms with Crippen LogP contribution in [-0.2, 0) is 4.74 Å². The minimum absolute atomic E-state index is 0.0285. The third-order valence-electron chi connectivity index (χ3n) is 3.50. The van der Waals surface area contributed by atoms with Crippen LogP contribution in [0.2, 0.25) is 0 Å². The third-order valence-corrected chi connectivity index (χ3v) is 3.50. The van der Waals surface area contributed by atoms with Crippen molar-refractivity contribution in [2.24, 2.45) is 0 Å². The smallest absolute Gasteiger partial charge is 0.389 e. The van der Waals surface area contributed by atoms with Crippen LogP contribution in [0, 0.1) is 0 Å². The molecule has 0 bridgehead atoms. The van der Waals surface area contributed by atoms with E-state index in [-0.39, 0.29) is 26.1 Å². The van der Waals surface area contributed by atoms with Crippen molar-refractivity contribution in [3.8, 4) is 0 Å². The molecule has 0 saturated heterocycles. The Hall–Kier alpha value is -0.330. The maximum atomic E-state index is 11.9. The van der Waals surface area contributed by atoms with Crippen molar-refractivity contribution in [1.82, 2.24) is 0 Å². The van der Waals surface area contributed by atoms with Gasteiger partial charge in [-0.2, -0.15) is 13.2 Å². The molecule has 6 heteroatoms. The minimum Gasteiger partial charge on any atom is -0.390 e. The molecule has 0 amide bonds. The number of halogens is 3. The Balaban J connectivity index is 3.95. The van der Waals surface area contributed by atoms with Gasteiger partial charge in [0.05, 0.1) is 17.8 Å². The zero-order valence-electron chi connectivity index (χ0n) is 12.6. The molecule has 0 rings (SSSR count). The van der Waals surface area contributed by atoms with Gasteiger partial charge in [0.1, 0.15) is 0 Å². The van der Waals surface area contributed by atoms with E-state index in [1.165, 1.54) is 0 Å². The standard InChI is InChI=1S/C14H27F3O3/c1-4-12(3,18)10-13(19,5-2)11-20-9-7-6-8-14(15,16)17/h18-19H,4-11H2,1-3H3. The second-order valence-electron chi connectivity index (χ2n) is 5.73. The Labute approximate surface area is 119 Å². The van der Waals surface area contributed by atoms with Crippen LogP contribution in [0.1, 0.15) is 59.3 Å². The number of hydrogen-bond donors (Lipinski definition) is 2. The monoisotopic (exact) mass is 300 g/mol. The van der Waals surface area contributed by atoms with Crippen LogP contribution in [0.25, 0.3) is 0 Å². The van der Waals surface area contributed by atoms with Crippen LogP contribution in [0.15, 0.2) is 0 Å². The SMILES string of the molecule is CCC(C)(O)CC(O)(CC)COCCCCC(F)(F)F. The van der Waals surface area contributed by atoms with Gasteiger partial charge in [-0.1, -0.05) is 13.8 Å². The fraction of sp³-hybridized carbons (Fsp3) is 1.00. The van der Waals surface area contributed by atoms with E-state index < -0.39 is 23.8 Å². The molecule has 0 aromatic rings. The van der Waals surface area contributed by atoms with Crippen LogP contribution in [0.4, 0.5) is 13.2 Å². The Bertz CT molecular complexity index is 267. The van der Waals surface area contributed by atoms with E-state index in [2.05, 4.69) is 0 Å². The predicted octanol–water partition coefficient (Wildman–Crippen LogP) is 3.43. The summed E-state index contributed by atoms with van der Waals surface area (Å²) >= 11 is 0. The first-order valence-electron chi connectivity index (χ1n) is 7.13. The lowest BCUT2D eigenvalue weighted by Crippen LogP contribution is -2.42. The summed E-state index contributed by atoms with van der Waals surface area (Å²) in [4.78, 5) is 0. The normalized spacial score (nSPS) is 18.6. The first kappa shape index (κ1) is 19.7. The van der Waals surface area contributed by atoms with Gasteiger partial charge in [0.2, 0.25) is 0 Å². The second-order valence-corrected chi connectivity index (χ2v) is 5.73. The molecule has 122 valence electrons. The molecule has 0 aromatic heterocycles. The molecule has 2 unspecified atom stereocenters. The Morgan fingerprint density at radius 1 is 1.00 bits per heavy atom. The first-order valence-corrected chi connectivity index (χ1v) is 7.13. The molecule has 0 aliphatic rings. The fourth-order valence-corrected chi connectivity index (χ4v) is 1.90. The van der Waals surface area contributed by atoms with Crippen molar-refractivity contribution in [3.63, 3.8) is 0 Å².